The SMILES string of the molecule is CN(C)c1cccc2c(S(=O)(=O)Nc3c(F)cccc3Br)cccc12. The molecule has 130 valence electrons. The van der Waals surface area contributed by atoms with Gasteiger partial charge in [-0.25, -0.2) is 12.8 Å². The Kier molecular flexibility index (Phi) is 4.71. The number of hydrogen-bond donors (Lipinski definition) is 1. The van der Waals surface area contributed by atoms with Crippen LogP contribution in [-0.2, 0) is 10.0 Å². The zero-order chi connectivity index (χ0) is 18.2. The monoisotopic (exact) mass is 422 g/mol. The molecule has 0 aliphatic rings. The Bertz CT molecular complexity index is 1030. The van der Waals surface area contributed by atoms with Gasteiger partial charge in [-0.3, -0.25) is 4.72 Å². The summed E-state index contributed by atoms with van der Waals surface area (Å²) in [5.74, 6) is -0.646. The molecule has 0 aliphatic heterocycles. The van der Waals surface area contributed by atoms with Gasteiger partial charge in [-0.1, -0.05) is 30.3 Å². The first-order chi connectivity index (χ1) is 11.8. The number of benzene rings is 3. The van der Waals surface area contributed by atoms with Crippen LogP contribution in [0.1, 0.15) is 0 Å². The van der Waals surface area contributed by atoms with Gasteiger partial charge in [-0.2, -0.15) is 0 Å². The van der Waals surface area contributed by atoms with Gasteiger partial charge in [0.2, 0.25) is 0 Å². The Morgan fingerprint density at radius 1 is 0.960 bits per heavy atom. The normalized spacial score (nSPS) is 11.5. The Morgan fingerprint density at radius 3 is 2.28 bits per heavy atom. The van der Waals surface area contributed by atoms with Crippen LogP contribution >= 0.6 is 15.9 Å². The molecule has 0 aromatic heterocycles. The highest BCUT2D eigenvalue weighted by Crippen LogP contribution is 2.33. The van der Waals surface area contributed by atoms with E-state index in [2.05, 4.69) is 20.7 Å². The van der Waals surface area contributed by atoms with Crippen LogP contribution < -0.4 is 9.62 Å². The van der Waals surface area contributed by atoms with Crippen LogP contribution in [0.15, 0.2) is 64.0 Å². The van der Waals surface area contributed by atoms with Gasteiger partial charge in [0.15, 0.2) is 0 Å². The van der Waals surface area contributed by atoms with Crippen LogP contribution in [-0.4, -0.2) is 22.5 Å². The van der Waals surface area contributed by atoms with Crippen molar-refractivity contribution in [3.05, 3.63) is 64.9 Å². The predicted molar refractivity (Wildman–Crippen MR) is 103 cm³/mol. The fourth-order valence-corrected chi connectivity index (χ4v) is 4.56. The Balaban J connectivity index is 2.17. The number of nitrogens with zero attached hydrogens (tertiary/aromatic N) is 1. The maximum absolute atomic E-state index is 14.0. The zero-order valence-electron chi connectivity index (χ0n) is 13.6. The number of halogens is 2. The topological polar surface area (TPSA) is 49.4 Å². The molecular formula is C18H16BrFN2O2S. The fourth-order valence-electron chi connectivity index (χ4n) is 2.67. The lowest BCUT2D eigenvalue weighted by Gasteiger charge is -2.17. The van der Waals surface area contributed by atoms with Gasteiger partial charge in [0, 0.05) is 35.0 Å². The summed E-state index contributed by atoms with van der Waals surface area (Å²) in [6.45, 7) is 0. The van der Waals surface area contributed by atoms with Crippen molar-refractivity contribution in [2.45, 2.75) is 4.90 Å². The molecule has 0 amide bonds. The first kappa shape index (κ1) is 17.7. The molecule has 0 atom stereocenters. The lowest BCUT2D eigenvalue weighted by atomic mass is 10.1. The van der Waals surface area contributed by atoms with E-state index in [9.17, 15) is 12.8 Å². The van der Waals surface area contributed by atoms with Crippen molar-refractivity contribution in [2.75, 3.05) is 23.7 Å². The molecule has 25 heavy (non-hydrogen) atoms. The van der Waals surface area contributed by atoms with Crippen LogP contribution in [0.3, 0.4) is 0 Å². The molecule has 0 unspecified atom stereocenters. The molecule has 0 bridgehead atoms. The highest BCUT2D eigenvalue weighted by atomic mass is 79.9. The molecule has 3 aromatic rings. The summed E-state index contributed by atoms with van der Waals surface area (Å²) in [7, 11) is -0.179. The van der Waals surface area contributed by atoms with Crippen LogP contribution in [0.4, 0.5) is 15.8 Å². The van der Waals surface area contributed by atoms with E-state index in [0.717, 1.165) is 11.1 Å². The molecule has 0 saturated heterocycles. The van der Waals surface area contributed by atoms with E-state index in [1.807, 2.05) is 31.1 Å². The van der Waals surface area contributed by atoms with Gasteiger partial charge in [0.1, 0.15) is 5.82 Å². The molecule has 0 aliphatic carbocycles. The molecule has 0 heterocycles. The lowest BCUT2D eigenvalue weighted by Crippen LogP contribution is -2.15. The predicted octanol–water partition coefficient (Wildman–Crippen LogP) is 4.61. The summed E-state index contributed by atoms with van der Waals surface area (Å²) >= 11 is 3.18. The number of rotatable bonds is 4. The Morgan fingerprint density at radius 2 is 1.60 bits per heavy atom. The summed E-state index contributed by atoms with van der Waals surface area (Å²) in [6, 6.07) is 14.8. The molecular weight excluding hydrogens is 407 g/mol. The molecule has 0 radical (unpaired) electrons. The maximum Gasteiger partial charge on any atom is 0.262 e. The summed E-state index contributed by atoms with van der Waals surface area (Å²) in [5, 5.41) is 1.39. The van der Waals surface area contributed by atoms with Crippen molar-refractivity contribution < 1.29 is 12.8 Å². The number of sulfonamides is 1. The van der Waals surface area contributed by atoms with Gasteiger partial charge in [-0.05, 0) is 40.2 Å². The second kappa shape index (κ2) is 6.65. The van der Waals surface area contributed by atoms with Crippen molar-refractivity contribution in [3.8, 4) is 0 Å². The average molecular weight is 423 g/mol. The third kappa shape index (κ3) is 3.34. The van der Waals surface area contributed by atoms with Crippen molar-refractivity contribution in [3.63, 3.8) is 0 Å². The molecule has 4 nitrogen and oxygen atoms in total. The third-order valence-corrected chi connectivity index (χ3v) is 5.90. The molecule has 1 N–H and O–H groups in total. The second-order valence-electron chi connectivity index (χ2n) is 5.72. The van der Waals surface area contributed by atoms with Gasteiger partial charge in [0.25, 0.3) is 10.0 Å². The average Bonchev–Trinajstić information content (AvgIpc) is 2.57. The first-order valence-corrected chi connectivity index (χ1v) is 9.75. The van der Waals surface area contributed by atoms with E-state index in [4.69, 9.17) is 0 Å². The highest BCUT2D eigenvalue weighted by Gasteiger charge is 2.21. The van der Waals surface area contributed by atoms with Crippen molar-refractivity contribution in [2.24, 2.45) is 0 Å². The maximum atomic E-state index is 14.0. The molecule has 7 heteroatoms. The summed E-state index contributed by atoms with van der Waals surface area (Å²) in [6.07, 6.45) is 0. The highest BCUT2D eigenvalue weighted by molar-refractivity contribution is 9.10. The number of fused-ring (bicyclic) bond motifs is 1. The molecule has 0 saturated carbocycles. The van der Waals surface area contributed by atoms with Gasteiger partial charge < -0.3 is 4.90 Å². The Hall–Kier alpha value is -2.12. The Labute approximate surface area is 154 Å². The zero-order valence-corrected chi connectivity index (χ0v) is 16.0. The number of anilines is 2. The second-order valence-corrected chi connectivity index (χ2v) is 8.23. The van der Waals surface area contributed by atoms with Crippen molar-refractivity contribution in [1.29, 1.82) is 0 Å². The molecule has 3 rings (SSSR count). The third-order valence-electron chi connectivity index (χ3n) is 3.83. The van der Waals surface area contributed by atoms with Gasteiger partial charge in [0.05, 0.1) is 10.6 Å². The summed E-state index contributed by atoms with van der Waals surface area (Å²) in [5.41, 5.74) is 0.796. The minimum atomic E-state index is -3.97. The van der Waals surface area contributed by atoms with Gasteiger partial charge in [-0.15, -0.1) is 0 Å². The minimum absolute atomic E-state index is 0.101. The quantitative estimate of drug-likeness (QED) is 0.667. The number of nitrogens with one attached hydrogen (secondary N) is 1. The summed E-state index contributed by atoms with van der Waals surface area (Å²) < 4.78 is 42.5. The van der Waals surface area contributed by atoms with E-state index in [0.29, 0.717) is 9.86 Å². The molecule has 3 aromatic carbocycles. The van der Waals surface area contributed by atoms with Crippen LogP contribution in [0.25, 0.3) is 10.8 Å². The smallest absolute Gasteiger partial charge is 0.262 e. The molecule has 0 fully saturated rings. The van der Waals surface area contributed by atoms with E-state index >= 15 is 0 Å². The standard InChI is InChI=1S/C18H16BrFN2O2S/c1-22(2)16-10-3-7-13-12(16)6-4-11-17(13)25(23,24)21-18-14(19)8-5-9-15(18)20/h3-11,21H,1-2H3. The largest absolute Gasteiger partial charge is 0.377 e. The van der Waals surface area contributed by atoms with E-state index in [1.54, 1.807) is 24.3 Å². The molecule has 0 spiro atoms. The number of para-hydroxylation sites is 1. The van der Waals surface area contributed by atoms with Gasteiger partial charge >= 0.3 is 0 Å². The number of hydrogen-bond acceptors (Lipinski definition) is 3. The first-order valence-electron chi connectivity index (χ1n) is 7.47. The summed E-state index contributed by atoms with van der Waals surface area (Å²) in [4.78, 5) is 2.02. The van der Waals surface area contributed by atoms with Crippen molar-refractivity contribution in [1.82, 2.24) is 0 Å². The van der Waals surface area contributed by atoms with Crippen LogP contribution in [0.2, 0.25) is 0 Å². The van der Waals surface area contributed by atoms with Crippen LogP contribution in [0, 0.1) is 5.82 Å². The fraction of sp³-hybridized carbons (Fsp3) is 0.111. The van der Waals surface area contributed by atoms with Crippen LogP contribution in [0.5, 0.6) is 0 Å². The van der Waals surface area contributed by atoms with E-state index < -0.39 is 15.8 Å². The van der Waals surface area contributed by atoms with Crippen molar-refractivity contribution >= 4 is 48.1 Å². The van der Waals surface area contributed by atoms with E-state index in [1.165, 1.54) is 18.2 Å². The lowest BCUT2D eigenvalue weighted by molar-refractivity contribution is 0.599. The minimum Gasteiger partial charge on any atom is -0.377 e. The van der Waals surface area contributed by atoms with E-state index in [-0.39, 0.29) is 10.6 Å².